The average Bonchev–Trinajstić information content (AvgIpc) is 2.54. The maximum absolute atomic E-state index is 10.3. The molecule has 1 unspecified atom stereocenters. The van der Waals surface area contributed by atoms with E-state index >= 15 is 0 Å². The summed E-state index contributed by atoms with van der Waals surface area (Å²) >= 11 is 0. The third-order valence-corrected chi connectivity index (χ3v) is 3.25. The first kappa shape index (κ1) is 12.6. The Morgan fingerprint density at radius 2 is 1.85 bits per heavy atom. The lowest BCUT2D eigenvalue weighted by Crippen LogP contribution is -2.02. The molecule has 0 spiro atoms. The standard InChI is InChI=1S/C16H14N2O2/c1-20-14-5-4-11-8-13(3-2-12(11)9-14)16(19)15-10-17-6-7-18-15/h2-10,16,19H,1H3. The van der Waals surface area contributed by atoms with E-state index in [4.69, 9.17) is 4.74 Å². The molecule has 0 bridgehead atoms. The van der Waals surface area contributed by atoms with E-state index in [0.717, 1.165) is 22.1 Å². The molecule has 1 heterocycles. The first-order valence-corrected chi connectivity index (χ1v) is 6.29. The molecule has 0 fully saturated rings. The summed E-state index contributed by atoms with van der Waals surface area (Å²) in [7, 11) is 1.65. The number of hydrogen-bond donors (Lipinski definition) is 1. The minimum atomic E-state index is -0.768. The van der Waals surface area contributed by atoms with Gasteiger partial charge in [-0.1, -0.05) is 18.2 Å². The highest BCUT2D eigenvalue weighted by atomic mass is 16.5. The Balaban J connectivity index is 2.01. The molecule has 3 rings (SSSR count). The van der Waals surface area contributed by atoms with Crippen molar-refractivity contribution < 1.29 is 9.84 Å². The number of methoxy groups -OCH3 is 1. The second kappa shape index (κ2) is 5.27. The van der Waals surface area contributed by atoms with Crippen molar-refractivity contribution in [3.63, 3.8) is 0 Å². The van der Waals surface area contributed by atoms with Gasteiger partial charge in [0.25, 0.3) is 0 Å². The lowest BCUT2D eigenvalue weighted by Gasteiger charge is -2.11. The molecule has 0 aliphatic carbocycles. The molecule has 0 radical (unpaired) electrons. The highest BCUT2D eigenvalue weighted by Crippen LogP contribution is 2.26. The SMILES string of the molecule is COc1ccc2cc(C(O)c3cnccn3)ccc2c1. The summed E-state index contributed by atoms with van der Waals surface area (Å²) in [6.45, 7) is 0. The van der Waals surface area contributed by atoms with E-state index in [0.29, 0.717) is 5.69 Å². The monoisotopic (exact) mass is 266 g/mol. The Kier molecular flexibility index (Phi) is 3.31. The fourth-order valence-electron chi connectivity index (χ4n) is 2.16. The fourth-order valence-corrected chi connectivity index (χ4v) is 2.16. The molecule has 4 heteroatoms. The van der Waals surface area contributed by atoms with Crippen LogP contribution in [0.4, 0.5) is 0 Å². The summed E-state index contributed by atoms with van der Waals surface area (Å²) < 4.78 is 5.20. The highest BCUT2D eigenvalue weighted by molar-refractivity contribution is 5.84. The Labute approximate surface area is 116 Å². The predicted octanol–water partition coefficient (Wildman–Crippen LogP) is 2.72. The van der Waals surface area contributed by atoms with Crippen LogP contribution in [0.25, 0.3) is 10.8 Å². The Bertz CT molecular complexity index is 729. The molecule has 1 aromatic heterocycles. The van der Waals surface area contributed by atoms with Gasteiger partial charge in [0, 0.05) is 12.4 Å². The van der Waals surface area contributed by atoms with Gasteiger partial charge in [0.1, 0.15) is 11.9 Å². The quantitative estimate of drug-likeness (QED) is 0.792. The van der Waals surface area contributed by atoms with E-state index in [1.165, 1.54) is 0 Å². The number of hydrogen-bond acceptors (Lipinski definition) is 4. The zero-order valence-electron chi connectivity index (χ0n) is 11.0. The van der Waals surface area contributed by atoms with Gasteiger partial charge in [-0.25, -0.2) is 0 Å². The molecule has 1 atom stereocenters. The molecule has 100 valence electrons. The summed E-state index contributed by atoms with van der Waals surface area (Å²) in [5.74, 6) is 0.819. The van der Waals surface area contributed by atoms with Crippen LogP contribution in [0.1, 0.15) is 17.4 Å². The molecule has 2 aromatic carbocycles. The second-order valence-corrected chi connectivity index (χ2v) is 4.51. The summed E-state index contributed by atoms with van der Waals surface area (Å²) in [6.07, 6.45) is 3.96. The Hall–Kier alpha value is -2.46. The van der Waals surface area contributed by atoms with Crippen molar-refractivity contribution in [2.45, 2.75) is 6.10 Å². The van der Waals surface area contributed by atoms with Gasteiger partial charge in [0.2, 0.25) is 0 Å². The number of aromatic nitrogens is 2. The summed E-state index contributed by atoms with van der Waals surface area (Å²) in [5, 5.41) is 12.4. The number of aliphatic hydroxyl groups is 1. The van der Waals surface area contributed by atoms with Gasteiger partial charge < -0.3 is 9.84 Å². The van der Waals surface area contributed by atoms with Crippen LogP contribution in [0, 0.1) is 0 Å². The molecule has 3 aromatic rings. The molecule has 0 saturated heterocycles. The minimum Gasteiger partial charge on any atom is -0.497 e. The van der Waals surface area contributed by atoms with Crippen molar-refractivity contribution in [3.05, 3.63) is 66.2 Å². The maximum Gasteiger partial charge on any atom is 0.123 e. The van der Waals surface area contributed by atoms with Crippen molar-refractivity contribution >= 4 is 10.8 Å². The first-order chi connectivity index (χ1) is 9.78. The summed E-state index contributed by atoms with van der Waals surface area (Å²) in [5.41, 5.74) is 1.34. The van der Waals surface area contributed by atoms with Crippen molar-refractivity contribution in [1.29, 1.82) is 0 Å². The number of rotatable bonds is 3. The summed E-state index contributed by atoms with van der Waals surface area (Å²) in [6, 6.07) is 11.7. The van der Waals surface area contributed by atoms with E-state index in [9.17, 15) is 5.11 Å². The fraction of sp³-hybridized carbons (Fsp3) is 0.125. The third kappa shape index (κ3) is 2.33. The molecule has 1 N–H and O–H groups in total. The van der Waals surface area contributed by atoms with E-state index in [1.807, 2.05) is 36.4 Å². The average molecular weight is 266 g/mol. The van der Waals surface area contributed by atoms with Gasteiger partial charge in [-0.3, -0.25) is 9.97 Å². The molecule has 0 saturated carbocycles. The van der Waals surface area contributed by atoms with E-state index in [-0.39, 0.29) is 0 Å². The smallest absolute Gasteiger partial charge is 0.123 e. The number of nitrogens with zero attached hydrogens (tertiary/aromatic N) is 2. The van der Waals surface area contributed by atoms with E-state index in [2.05, 4.69) is 9.97 Å². The van der Waals surface area contributed by atoms with Crippen LogP contribution in [0.2, 0.25) is 0 Å². The number of fused-ring (bicyclic) bond motifs is 1. The normalized spacial score (nSPS) is 12.3. The molecule has 4 nitrogen and oxygen atoms in total. The van der Waals surface area contributed by atoms with Gasteiger partial charge in [-0.15, -0.1) is 0 Å². The summed E-state index contributed by atoms with van der Waals surface area (Å²) in [4.78, 5) is 8.11. The van der Waals surface area contributed by atoms with Crippen LogP contribution in [0.5, 0.6) is 5.75 Å². The van der Waals surface area contributed by atoms with Gasteiger partial charge >= 0.3 is 0 Å². The van der Waals surface area contributed by atoms with Crippen LogP contribution < -0.4 is 4.74 Å². The van der Waals surface area contributed by atoms with Crippen LogP contribution >= 0.6 is 0 Å². The molecule has 20 heavy (non-hydrogen) atoms. The van der Waals surface area contributed by atoms with Crippen molar-refractivity contribution in [3.8, 4) is 5.75 Å². The van der Waals surface area contributed by atoms with Gasteiger partial charge in [0.05, 0.1) is 19.0 Å². The number of ether oxygens (including phenoxy) is 1. The lowest BCUT2D eigenvalue weighted by molar-refractivity contribution is 0.215. The van der Waals surface area contributed by atoms with Gasteiger partial charge in [0.15, 0.2) is 0 Å². The molecular weight excluding hydrogens is 252 g/mol. The number of aliphatic hydroxyl groups excluding tert-OH is 1. The molecule has 0 aliphatic heterocycles. The Morgan fingerprint density at radius 1 is 1.05 bits per heavy atom. The van der Waals surface area contributed by atoms with Crippen molar-refractivity contribution in [2.75, 3.05) is 7.11 Å². The zero-order chi connectivity index (χ0) is 13.9. The van der Waals surface area contributed by atoms with Crippen LogP contribution in [-0.4, -0.2) is 22.2 Å². The predicted molar refractivity (Wildman–Crippen MR) is 76.6 cm³/mol. The van der Waals surface area contributed by atoms with E-state index in [1.54, 1.807) is 25.7 Å². The van der Waals surface area contributed by atoms with Crippen molar-refractivity contribution in [2.24, 2.45) is 0 Å². The van der Waals surface area contributed by atoms with Gasteiger partial charge in [-0.2, -0.15) is 0 Å². The van der Waals surface area contributed by atoms with Crippen LogP contribution in [0.3, 0.4) is 0 Å². The van der Waals surface area contributed by atoms with E-state index < -0.39 is 6.10 Å². The molecule has 0 amide bonds. The van der Waals surface area contributed by atoms with Gasteiger partial charge in [-0.05, 0) is 34.5 Å². The zero-order valence-corrected chi connectivity index (χ0v) is 11.0. The maximum atomic E-state index is 10.3. The molecular formula is C16H14N2O2. The lowest BCUT2D eigenvalue weighted by atomic mass is 10.0. The highest BCUT2D eigenvalue weighted by Gasteiger charge is 2.12. The first-order valence-electron chi connectivity index (χ1n) is 6.29. The largest absolute Gasteiger partial charge is 0.497 e. The minimum absolute atomic E-state index is 0.542. The Morgan fingerprint density at radius 3 is 2.60 bits per heavy atom. The third-order valence-electron chi connectivity index (χ3n) is 3.25. The topological polar surface area (TPSA) is 55.2 Å². The van der Waals surface area contributed by atoms with Crippen LogP contribution in [0.15, 0.2) is 55.0 Å². The number of benzene rings is 2. The van der Waals surface area contributed by atoms with Crippen molar-refractivity contribution in [1.82, 2.24) is 9.97 Å². The van der Waals surface area contributed by atoms with Crippen LogP contribution in [-0.2, 0) is 0 Å². The second-order valence-electron chi connectivity index (χ2n) is 4.51. The molecule has 0 aliphatic rings.